The fraction of sp³-hybridized carbons (Fsp3) is 0.667. The smallest absolute Gasteiger partial charge is 0.435 e. The van der Waals surface area contributed by atoms with Crippen molar-refractivity contribution >= 4 is 5.97 Å². The zero-order valence-electron chi connectivity index (χ0n) is 10.4. The van der Waals surface area contributed by atoms with Crippen LogP contribution < -0.4 is 0 Å². The Bertz CT molecular complexity index is 510. The molecule has 1 atom stereocenters. The number of aromatic nitrogens is 3. The minimum absolute atomic E-state index is 0.232. The molecule has 1 aromatic rings. The van der Waals surface area contributed by atoms with Crippen LogP contribution in [0.5, 0.6) is 0 Å². The van der Waals surface area contributed by atoms with Gasteiger partial charge in [-0.2, -0.15) is 26.3 Å². The number of carbonyl (C=O) groups excluding carboxylic acids is 1. The Balaban J connectivity index is 3.20. The number of aliphatic hydroxyl groups is 1. The van der Waals surface area contributed by atoms with E-state index in [2.05, 4.69) is 15.0 Å². The molecule has 0 aliphatic heterocycles. The fourth-order valence-corrected chi connectivity index (χ4v) is 1.33. The van der Waals surface area contributed by atoms with Gasteiger partial charge in [0.2, 0.25) is 5.69 Å². The standard InChI is InChI=1S/C9H9F6N3O3/c1-2-21-7(20)5-6(9(13,14)15)18(17-16-5)3-4(19)8(10,11)12/h4,19H,2-3H2,1H3. The molecule has 0 radical (unpaired) electrons. The molecule has 12 heteroatoms. The summed E-state index contributed by atoms with van der Waals surface area (Å²) in [5.74, 6) is -1.47. The van der Waals surface area contributed by atoms with E-state index in [1.807, 2.05) is 0 Å². The third-order valence-corrected chi connectivity index (χ3v) is 2.20. The SMILES string of the molecule is CCOC(=O)c1nnn(CC(O)C(F)(F)F)c1C(F)(F)F. The Morgan fingerprint density at radius 1 is 1.33 bits per heavy atom. The first-order valence-electron chi connectivity index (χ1n) is 5.41. The number of carbonyl (C=O) groups is 1. The van der Waals surface area contributed by atoms with E-state index in [4.69, 9.17) is 5.11 Å². The normalized spacial score (nSPS) is 14.1. The summed E-state index contributed by atoms with van der Waals surface area (Å²) >= 11 is 0. The zero-order chi connectivity index (χ0) is 16.4. The Labute approximate surface area is 113 Å². The maximum Gasteiger partial charge on any atom is 0.435 e. The van der Waals surface area contributed by atoms with Crippen LogP contribution in [-0.4, -0.2) is 45.0 Å². The largest absolute Gasteiger partial charge is 0.461 e. The summed E-state index contributed by atoms with van der Waals surface area (Å²) in [7, 11) is 0. The highest BCUT2D eigenvalue weighted by Gasteiger charge is 2.45. The number of rotatable bonds is 4. The van der Waals surface area contributed by atoms with Crippen molar-refractivity contribution in [1.82, 2.24) is 15.0 Å². The van der Waals surface area contributed by atoms with Crippen molar-refractivity contribution in [1.29, 1.82) is 0 Å². The molecule has 0 fully saturated rings. The molecule has 0 aliphatic rings. The molecule has 21 heavy (non-hydrogen) atoms. The van der Waals surface area contributed by atoms with E-state index in [-0.39, 0.29) is 11.3 Å². The molecule has 1 N–H and O–H groups in total. The lowest BCUT2D eigenvalue weighted by Gasteiger charge is -2.16. The van der Waals surface area contributed by atoms with E-state index in [0.29, 0.717) is 0 Å². The zero-order valence-corrected chi connectivity index (χ0v) is 10.4. The molecule has 0 amide bonds. The summed E-state index contributed by atoms with van der Waals surface area (Å²) in [5.41, 5.74) is -3.08. The molecule has 0 bridgehead atoms. The quantitative estimate of drug-likeness (QED) is 0.670. The Hall–Kier alpha value is -1.85. The second-order valence-electron chi connectivity index (χ2n) is 3.74. The van der Waals surface area contributed by atoms with Crippen LogP contribution >= 0.6 is 0 Å². The molecule has 1 rings (SSSR count). The number of hydrogen-bond donors (Lipinski definition) is 1. The van der Waals surface area contributed by atoms with Gasteiger partial charge in [0.15, 0.2) is 11.8 Å². The molecular weight excluding hydrogens is 312 g/mol. The number of nitrogens with zero attached hydrogens (tertiary/aromatic N) is 3. The third kappa shape index (κ3) is 4.06. The Morgan fingerprint density at radius 2 is 1.90 bits per heavy atom. The van der Waals surface area contributed by atoms with Crippen LogP contribution in [0.15, 0.2) is 0 Å². The second kappa shape index (κ2) is 5.87. The van der Waals surface area contributed by atoms with Gasteiger partial charge < -0.3 is 9.84 Å². The van der Waals surface area contributed by atoms with Gasteiger partial charge in [0.05, 0.1) is 13.2 Å². The molecule has 1 unspecified atom stereocenters. The van der Waals surface area contributed by atoms with Gasteiger partial charge in [-0.3, -0.25) is 0 Å². The lowest BCUT2D eigenvalue weighted by molar-refractivity contribution is -0.209. The monoisotopic (exact) mass is 321 g/mol. The van der Waals surface area contributed by atoms with Gasteiger partial charge in [0.1, 0.15) is 0 Å². The number of alkyl halides is 6. The first-order chi connectivity index (χ1) is 9.48. The van der Waals surface area contributed by atoms with E-state index < -0.39 is 42.4 Å². The number of aliphatic hydroxyl groups excluding tert-OH is 1. The Morgan fingerprint density at radius 3 is 2.33 bits per heavy atom. The summed E-state index contributed by atoms with van der Waals surface area (Å²) in [6, 6.07) is 0. The minimum Gasteiger partial charge on any atom is -0.461 e. The number of esters is 1. The molecule has 0 spiro atoms. The van der Waals surface area contributed by atoms with Gasteiger partial charge in [-0.15, -0.1) is 5.10 Å². The van der Waals surface area contributed by atoms with Crippen LogP contribution in [0.1, 0.15) is 23.1 Å². The first-order valence-corrected chi connectivity index (χ1v) is 5.41. The minimum atomic E-state index is -5.20. The van der Waals surface area contributed by atoms with Crippen molar-refractivity contribution in [2.75, 3.05) is 6.61 Å². The van der Waals surface area contributed by atoms with Gasteiger partial charge in [0.25, 0.3) is 0 Å². The van der Waals surface area contributed by atoms with Crippen LogP contribution in [0, 0.1) is 0 Å². The maximum absolute atomic E-state index is 12.8. The van der Waals surface area contributed by atoms with Crippen molar-refractivity contribution < 1.29 is 41.0 Å². The molecule has 1 aromatic heterocycles. The topological polar surface area (TPSA) is 77.2 Å². The van der Waals surface area contributed by atoms with E-state index in [0.717, 1.165) is 0 Å². The van der Waals surface area contributed by atoms with E-state index in [1.165, 1.54) is 6.92 Å². The summed E-state index contributed by atoms with van der Waals surface area (Å²) in [4.78, 5) is 11.3. The molecular formula is C9H9F6N3O3. The molecule has 0 aliphatic carbocycles. The van der Waals surface area contributed by atoms with Crippen molar-refractivity contribution in [2.45, 2.75) is 31.9 Å². The van der Waals surface area contributed by atoms with Crippen molar-refractivity contribution in [3.05, 3.63) is 11.4 Å². The van der Waals surface area contributed by atoms with Gasteiger partial charge in [-0.1, -0.05) is 5.21 Å². The molecule has 0 saturated carbocycles. The maximum atomic E-state index is 12.8. The average molecular weight is 321 g/mol. The highest BCUT2D eigenvalue weighted by atomic mass is 19.4. The molecule has 6 nitrogen and oxygen atoms in total. The van der Waals surface area contributed by atoms with Gasteiger partial charge in [-0.05, 0) is 6.92 Å². The van der Waals surface area contributed by atoms with E-state index in [9.17, 15) is 31.1 Å². The molecule has 0 saturated heterocycles. The predicted molar refractivity (Wildman–Crippen MR) is 53.0 cm³/mol. The van der Waals surface area contributed by atoms with Gasteiger partial charge >= 0.3 is 18.3 Å². The summed E-state index contributed by atoms with van der Waals surface area (Å²) in [6.45, 7) is -0.484. The highest BCUT2D eigenvalue weighted by molar-refractivity contribution is 5.88. The second-order valence-corrected chi connectivity index (χ2v) is 3.74. The highest BCUT2D eigenvalue weighted by Crippen LogP contribution is 2.32. The average Bonchev–Trinajstić information content (AvgIpc) is 2.71. The van der Waals surface area contributed by atoms with Crippen molar-refractivity contribution in [2.24, 2.45) is 0 Å². The van der Waals surface area contributed by atoms with Crippen molar-refractivity contribution in [3.8, 4) is 0 Å². The van der Waals surface area contributed by atoms with Gasteiger partial charge in [0, 0.05) is 0 Å². The van der Waals surface area contributed by atoms with Crippen LogP contribution in [0.3, 0.4) is 0 Å². The fourth-order valence-electron chi connectivity index (χ4n) is 1.33. The Kier molecular flexibility index (Phi) is 4.81. The molecule has 0 aromatic carbocycles. The summed E-state index contributed by atoms with van der Waals surface area (Å²) in [5, 5.41) is 14.5. The lowest BCUT2D eigenvalue weighted by Crippen LogP contribution is -2.34. The number of hydrogen-bond acceptors (Lipinski definition) is 5. The van der Waals surface area contributed by atoms with Crippen LogP contribution in [0.25, 0.3) is 0 Å². The van der Waals surface area contributed by atoms with E-state index in [1.54, 1.807) is 0 Å². The van der Waals surface area contributed by atoms with Gasteiger partial charge in [-0.25, -0.2) is 9.48 Å². The van der Waals surface area contributed by atoms with Crippen LogP contribution in [-0.2, 0) is 17.5 Å². The summed E-state index contributed by atoms with van der Waals surface area (Å²) < 4.78 is 79.0. The number of halogens is 6. The van der Waals surface area contributed by atoms with E-state index >= 15 is 0 Å². The van der Waals surface area contributed by atoms with Crippen LogP contribution in [0.2, 0.25) is 0 Å². The predicted octanol–water partition coefficient (Wildman–Crippen LogP) is 1.40. The lowest BCUT2D eigenvalue weighted by atomic mass is 10.3. The number of ether oxygens (including phenoxy) is 1. The molecule has 1 heterocycles. The first kappa shape index (κ1) is 17.2. The molecule has 120 valence electrons. The van der Waals surface area contributed by atoms with Crippen molar-refractivity contribution in [3.63, 3.8) is 0 Å². The van der Waals surface area contributed by atoms with Crippen LogP contribution in [0.4, 0.5) is 26.3 Å². The summed E-state index contributed by atoms with van der Waals surface area (Å²) in [6.07, 6.45) is -13.4. The third-order valence-electron chi connectivity index (χ3n) is 2.20.